The van der Waals surface area contributed by atoms with E-state index in [0.717, 1.165) is 18.7 Å². The summed E-state index contributed by atoms with van der Waals surface area (Å²) in [6.07, 6.45) is 3.21. The summed E-state index contributed by atoms with van der Waals surface area (Å²) in [7, 11) is 1.97. The fraction of sp³-hybridized carbons (Fsp3) is 0.308. The van der Waals surface area contributed by atoms with Gasteiger partial charge in [0.25, 0.3) is 0 Å². The number of benzene rings is 1. The van der Waals surface area contributed by atoms with Crippen LogP contribution in [0.2, 0.25) is 0 Å². The van der Waals surface area contributed by atoms with E-state index in [4.69, 9.17) is 0 Å². The van der Waals surface area contributed by atoms with Crippen molar-refractivity contribution in [1.29, 1.82) is 0 Å². The third-order valence-corrected chi connectivity index (χ3v) is 3.17. The summed E-state index contributed by atoms with van der Waals surface area (Å²) in [5, 5.41) is 7.82. The first-order valence-corrected chi connectivity index (χ1v) is 5.62. The van der Waals surface area contributed by atoms with E-state index < -0.39 is 0 Å². The molecule has 2 heterocycles. The maximum absolute atomic E-state index is 4.41. The smallest absolute Gasteiger partial charge is 0.0672 e. The first kappa shape index (κ1) is 9.46. The van der Waals surface area contributed by atoms with Gasteiger partial charge in [-0.2, -0.15) is 5.10 Å². The Labute approximate surface area is 95.1 Å². The maximum atomic E-state index is 4.41. The van der Waals surface area contributed by atoms with Crippen LogP contribution in [-0.4, -0.2) is 16.3 Å². The molecule has 82 valence electrons. The van der Waals surface area contributed by atoms with Gasteiger partial charge >= 0.3 is 0 Å². The van der Waals surface area contributed by atoms with Crippen molar-refractivity contribution in [1.82, 2.24) is 9.78 Å². The summed E-state index contributed by atoms with van der Waals surface area (Å²) in [5.74, 6) is 0. The molecule has 0 spiro atoms. The summed E-state index contributed by atoms with van der Waals surface area (Å²) < 4.78 is 1.88. The van der Waals surface area contributed by atoms with Gasteiger partial charge in [-0.3, -0.25) is 4.68 Å². The highest BCUT2D eigenvalue weighted by Gasteiger charge is 2.17. The zero-order valence-electron chi connectivity index (χ0n) is 9.62. The third kappa shape index (κ3) is 1.32. The van der Waals surface area contributed by atoms with Crippen molar-refractivity contribution in [3.8, 4) is 11.1 Å². The first-order valence-electron chi connectivity index (χ1n) is 5.62. The minimum atomic E-state index is 1.05. The van der Waals surface area contributed by atoms with Crippen LogP contribution in [-0.2, 0) is 13.5 Å². The average Bonchev–Trinajstić information content (AvgIpc) is 2.84. The first-order chi connectivity index (χ1) is 7.75. The van der Waals surface area contributed by atoms with Crippen LogP contribution in [0.25, 0.3) is 11.1 Å². The Bertz CT molecular complexity index is 540. The largest absolute Gasteiger partial charge is 0.384 e. The fourth-order valence-electron chi connectivity index (χ4n) is 2.46. The Morgan fingerprint density at radius 1 is 1.31 bits per heavy atom. The van der Waals surface area contributed by atoms with Gasteiger partial charge in [0.05, 0.1) is 5.69 Å². The lowest BCUT2D eigenvalue weighted by Crippen LogP contribution is -1.90. The predicted octanol–water partition coefficient (Wildman–Crippen LogP) is 2.36. The summed E-state index contributed by atoms with van der Waals surface area (Å²) in [6, 6.07) is 6.45. The Hall–Kier alpha value is -1.77. The zero-order chi connectivity index (χ0) is 11.1. The molecular formula is C13H15N3. The highest BCUT2D eigenvalue weighted by Crippen LogP contribution is 2.33. The quantitative estimate of drug-likeness (QED) is 0.788. The van der Waals surface area contributed by atoms with Gasteiger partial charge in [0.2, 0.25) is 0 Å². The highest BCUT2D eigenvalue weighted by molar-refractivity contribution is 5.76. The number of nitrogens with one attached hydrogen (secondary N) is 1. The Morgan fingerprint density at radius 2 is 2.19 bits per heavy atom. The number of anilines is 1. The second kappa shape index (κ2) is 3.37. The molecule has 0 unspecified atom stereocenters. The molecule has 3 heteroatoms. The summed E-state index contributed by atoms with van der Waals surface area (Å²) in [5.41, 5.74) is 6.39. The van der Waals surface area contributed by atoms with Gasteiger partial charge in [0, 0.05) is 31.0 Å². The fourth-order valence-corrected chi connectivity index (χ4v) is 2.46. The molecule has 1 aliphatic heterocycles. The molecule has 0 saturated heterocycles. The van der Waals surface area contributed by atoms with Crippen molar-refractivity contribution in [2.45, 2.75) is 13.3 Å². The standard InChI is InChI=1S/C13H15N3/c1-9-12(8-16(2)15-9)10-4-3-5-13-11(10)6-7-14-13/h3-5,8,14H,6-7H2,1-2H3. The molecule has 0 fully saturated rings. The Kier molecular flexibility index (Phi) is 1.99. The van der Waals surface area contributed by atoms with E-state index in [9.17, 15) is 0 Å². The van der Waals surface area contributed by atoms with Crippen LogP contribution in [0.5, 0.6) is 0 Å². The molecule has 0 bridgehead atoms. The lowest BCUT2D eigenvalue weighted by atomic mass is 9.99. The van der Waals surface area contributed by atoms with Gasteiger partial charge in [-0.15, -0.1) is 0 Å². The van der Waals surface area contributed by atoms with Gasteiger partial charge in [-0.1, -0.05) is 12.1 Å². The van der Waals surface area contributed by atoms with Crippen molar-refractivity contribution >= 4 is 5.69 Å². The molecule has 1 aromatic carbocycles. The van der Waals surface area contributed by atoms with Gasteiger partial charge in [0.1, 0.15) is 0 Å². The molecule has 1 N–H and O–H groups in total. The molecule has 0 amide bonds. The second-order valence-corrected chi connectivity index (χ2v) is 4.31. The van der Waals surface area contributed by atoms with E-state index in [-0.39, 0.29) is 0 Å². The van der Waals surface area contributed by atoms with Gasteiger partial charge in [-0.05, 0) is 30.5 Å². The third-order valence-electron chi connectivity index (χ3n) is 3.17. The van der Waals surface area contributed by atoms with E-state index in [1.54, 1.807) is 0 Å². The molecule has 1 aliphatic rings. The lowest BCUT2D eigenvalue weighted by Gasteiger charge is -2.06. The number of hydrogen-bond donors (Lipinski definition) is 1. The molecule has 1 aromatic heterocycles. The van der Waals surface area contributed by atoms with Crippen molar-refractivity contribution in [2.75, 3.05) is 11.9 Å². The summed E-state index contributed by atoms with van der Waals surface area (Å²) in [6.45, 7) is 3.11. The van der Waals surface area contributed by atoms with E-state index in [2.05, 4.69) is 41.7 Å². The van der Waals surface area contributed by atoms with Crippen molar-refractivity contribution in [3.63, 3.8) is 0 Å². The Balaban J connectivity index is 2.20. The van der Waals surface area contributed by atoms with Gasteiger partial charge in [0.15, 0.2) is 0 Å². The lowest BCUT2D eigenvalue weighted by molar-refractivity contribution is 0.756. The van der Waals surface area contributed by atoms with E-state index in [0.29, 0.717) is 0 Å². The molecule has 3 rings (SSSR count). The van der Waals surface area contributed by atoms with Crippen molar-refractivity contribution in [3.05, 3.63) is 35.7 Å². The molecule has 0 aliphatic carbocycles. The number of rotatable bonds is 1. The van der Waals surface area contributed by atoms with Crippen molar-refractivity contribution in [2.24, 2.45) is 7.05 Å². The topological polar surface area (TPSA) is 29.9 Å². The molecule has 0 radical (unpaired) electrons. The molecule has 3 nitrogen and oxygen atoms in total. The number of aromatic nitrogens is 2. The van der Waals surface area contributed by atoms with Crippen LogP contribution >= 0.6 is 0 Å². The van der Waals surface area contributed by atoms with E-state index in [1.807, 2.05) is 11.7 Å². The number of nitrogens with zero attached hydrogens (tertiary/aromatic N) is 2. The van der Waals surface area contributed by atoms with E-state index in [1.165, 1.54) is 22.4 Å². The predicted molar refractivity (Wildman–Crippen MR) is 65.6 cm³/mol. The summed E-state index contributed by atoms with van der Waals surface area (Å²) >= 11 is 0. The monoisotopic (exact) mass is 213 g/mol. The van der Waals surface area contributed by atoms with Gasteiger partial charge < -0.3 is 5.32 Å². The average molecular weight is 213 g/mol. The van der Waals surface area contributed by atoms with Crippen LogP contribution in [0, 0.1) is 6.92 Å². The minimum absolute atomic E-state index is 1.05. The second-order valence-electron chi connectivity index (χ2n) is 4.31. The van der Waals surface area contributed by atoms with Crippen molar-refractivity contribution < 1.29 is 0 Å². The molecular weight excluding hydrogens is 198 g/mol. The van der Waals surface area contributed by atoms with Crippen LogP contribution in [0.3, 0.4) is 0 Å². The van der Waals surface area contributed by atoms with Crippen LogP contribution in [0.15, 0.2) is 24.4 Å². The van der Waals surface area contributed by atoms with Crippen LogP contribution < -0.4 is 5.32 Å². The minimum Gasteiger partial charge on any atom is -0.384 e. The molecule has 2 aromatic rings. The summed E-state index contributed by atoms with van der Waals surface area (Å²) in [4.78, 5) is 0. The number of hydrogen-bond acceptors (Lipinski definition) is 2. The molecule has 0 saturated carbocycles. The van der Waals surface area contributed by atoms with Gasteiger partial charge in [-0.25, -0.2) is 0 Å². The Morgan fingerprint density at radius 3 is 2.94 bits per heavy atom. The number of fused-ring (bicyclic) bond motifs is 1. The normalized spacial score (nSPS) is 13.6. The molecule has 16 heavy (non-hydrogen) atoms. The zero-order valence-corrected chi connectivity index (χ0v) is 9.62. The van der Waals surface area contributed by atoms with Crippen LogP contribution in [0.1, 0.15) is 11.3 Å². The van der Waals surface area contributed by atoms with Crippen LogP contribution in [0.4, 0.5) is 5.69 Å². The maximum Gasteiger partial charge on any atom is 0.0672 e. The molecule has 0 atom stereocenters. The van der Waals surface area contributed by atoms with E-state index >= 15 is 0 Å². The highest BCUT2D eigenvalue weighted by atomic mass is 15.2. The number of aryl methyl sites for hydroxylation is 2. The SMILES string of the molecule is Cc1nn(C)cc1-c1cccc2c1CCN2.